The van der Waals surface area contributed by atoms with Crippen molar-refractivity contribution in [2.45, 2.75) is 50.5 Å². The highest BCUT2D eigenvalue weighted by molar-refractivity contribution is 7.84. The van der Waals surface area contributed by atoms with Crippen LogP contribution in [0, 0.1) is 5.92 Å². The molecule has 2 unspecified atom stereocenters. The number of nitrogens with one attached hydrogen (secondary N) is 2. The number of halogens is 3. The number of nitrogens with zero attached hydrogens (tertiary/aromatic N) is 1. The van der Waals surface area contributed by atoms with Gasteiger partial charge in [-0.2, -0.15) is 0 Å². The second-order valence-electron chi connectivity index (χ2n) is 9.50. The first-order chi connectivity index (χ1) is 16.9. The lowest BCUT2D eigenvalue weighted by Gasteiger charge is -2.38. The number of aliphatic hydroxyl groups is 1. The molecule has 0 spiro atoms. The predicted octanol–water partition coefficient (Wildman–Crippen LogP) is 3.61. The van der Waals surface area contributed by atoms with Crippen LogP contribution in [0.3, 0.4) is 0 Å². The van der Waals surface area contributed by atoms with Gasteiger partial charge in [0.05, 0.1) is 38.4 Å². The lowest BCUT2D eigenvalue weighted by atomic mass is 9.85. The summed E-state index contributed by atoms with van der Waals surface area (Å²) in [6.45, 7) is 10.1. The van der Waals surface area contributed by atoms with E-state index >= 15 is 0 Å². The Labute approximate surface area is 230 Å². The van der Waals surface area contributed by atoms with Crippen molar-refractivity contribution in [3.05, 3.63) is 40.4 Å². The minimum absolute atomic E-state index is 0.0169. The lowest BCUT2D eigenvalue weighted by molar-refractivity contribution is -0.141. The standard InChI is InChI=1S/C24H34Cl3N3O5S/c1-5-10-35-20-12-18(27)17(26)11-16(20)22(29-36(34)24(2,3)4)15-6-8-30(9-7-15)23(33)19(31)14-28-21(32)13-25/h5,11-12,15,19,22,29,31H,1,6-10,13-14H2,2-4H3,(H,28,32)/t19?,22-,36?/m1/s1. The smallest absolute Gasteiger partial charge is 0.253 e. The fourth-order valence-corrected chi connectivity index (χ4v) is 5.10. The number of alkyl halides is 1. The molecular weight excluding hydrogens is 549 g/mol. The molecule has 0 aliphatic carbocycles. The van der Waals surface area contributed by atoms with Gasteiger partial charge in [0.25, 0.3) is 5.91 Å². The quantitative estimate of drug-likeness (QED) is 0.273. The Morgan fingerprint density at radius 2 is 1.89 bits per heavy atom. The molecule has 0 radical (unpaired) electrons. The van der Waals surface area contributed by atoms with Crippen molar-refractivity contribution in [2.24, 2.45) is 5.92 Å². The van der Waals surface area contributed by atoms with E-state index in [1.165, 1.54) is 0 Å². The molecule has 12 heteroatoms. The van der Waals surface area contributed by atoms with Crippen LogP contribution in [0.25, 0.3) is 0 Å². The third-order valence-corrected chi connectivity index (χ3v) is 8.30. The molecule has 1 heterocycles. The number of benzene rings is 1. The van der Waals surface area contributed by atoms with Crippen molar-refractivity contribution in [2.75, 3.05) is 32.1 Å². The van der Waals surface area contributed by atoms with E-state index in [4.69, 9.17) is 39.5 Å². The zero-order valence-electron chi connectivity index (χ0n) is 20.7. The maximum atomic E-state index is 13.1. The van der Waals surface area contributed by atoms with E-state index in [9.17, 15) is 18.9 Å². The van der Waals surface area contributed by atoms with Gasteiger partial charge in [0.15, 0.2) is 0 Å². The Balaban J connectivity index is 2.25. The molecule has 2 rings (SSSR count). The Hall–Kier alpha value is -1.36. The Morgan fingerprint density at radius 1 is 1.28 bits per heavy atom. The highest BCUT2D eigenvalue weighted by atomic mass is 35.5. The van der Waals surface area contributed by atoms with Gasteiger partial charge in [0, 0.05) is 24.7 Å². The Kier molecular flexibility index (Phi) is 12.0. The topological polar surface area (TPSA) is 108 Å². The Morgan fingerprint density at radius 3 is 2.44 bits per heavy atom. The van der Waals surface area contributed by atoms with Gasteiger partial charge in [-0.3, -0.25) is 9.59 Å². The average molecular weight is 583 g/mol. The molecule has 2 amide bonds. The molecule has 0 bridgehead atoms. The van der Waals surface area contributed by atoms with Crippen molar-refractivity contribution in [3.8, 4) is 5.75 Å². The number of ether oxygens (including phenoxy) is 1. The highest BCUT2D eigenvalue weighted by Gasteiger charge is 2.35. The van der Waals surface area contributed by atoms with Gasteiger partial charge in [0.2, 0.25) is 5.91 Å². The van der Waals surface area contributed by atoms with Gasteiger partial charge in [-0.05, 0) is 45.6 Å². The number of piperidine rings is 1. The second-order valence-corrected chi connectivity index (χ2v) is 12.6. The summed E-state index contributed by atoms with van der Waals surface area (Å²) in [5.74, 6) is -0.674. The normalized spacial score (nSPS) is 17.2. The fourth-order valence-electron chi connectivity index (χ4n) is 3.78. The van der Waals surface area contributed by atoms with Crippen molar-refractivity contribution in [3.63, 3.8) is 0 Å². The van der Waals surface area contributed by atoms with E-state index in [0.717, 1.165) is 5.56 Å². The van der Waals surface area contributed by atoms with Gasteiger partial charge in [-0.1, -0.05) is 35.9 Å². The van der Waals surface area contributed by atoms with Gasteiger partial charge in [-0.25, -0.2) is 8.93 Å². The maximum absolute atomic E-state index is 13.1. The largest absolute Gasteiger partial charge is 0.489 e. The average Bonchev–Trinajstić information content (AvgIpc) is 2.85. The van der Waals surface area contributed by atoms with E-state index in [0.29, 0.717) is 41.7 Å². The summed E-state index contributed by atoms with van der Waals surface area (Å²) in [5, 5.41) is 13.3. The van der Waals surface area contributed by atoms with Crippen LogP contribution in [-0.2, 0) is 20.6 Å². The van der Waals surface area contributed by atoms with Crippen LogP contribution in [0.5, 0.6) is 5.75 Å². The number of hydrogen-bond donors (Lipinski definition) is 3. The Bertz CT molecular complexity index is 965. The number of carbonyl (C=O) groups is 2. The van der Waals surface area contributed by atoms with Gasteiger partial charge < -0.3 is 20.1 Å². The number of amides is 2. The van der Waals surface area contributed by atoms with Crippen LogP contribution in [-0.4, -0.2) is 69.0 Å². The number of aliphatic hydroxyl groups excluding tert-OH is 1. The molecule has 1 fully saturated rings. The molecule has 1 aliphatic rings. The lowest BCUT2D eigenvalue weighted by Crippen LogP contribution is -2.49. The summed E-state index contributed by atoms with van der Waals surface area (Å²) in [7, 11) is -1.40. The summed E-state index contributed by atoms with van der Waals surface area (Å²) < 4.78 is 21.7. The van der Waals surface area contributed by atoms with Crippen LogP contribution in [0.2, 0.25) is 10.0 Å². The van der Waals surface area contributed by atoms with E-state index in [1.54, 1.807) is 23.1 Å². The predicted molar refractivity (Wildman–Crippen MR) is 145 cm³/mol. The summed E-state index contributed by atoms with van der Waals surface area (Å²) in [6, 6.07) is 2.97. The molecule has 0 saturated carbocycles. The molecular formula is C24H34Cl3N3O5S. The van der Waals surface area contributed by atoms with E-state index in [1.807, 2.05) is 20.8 Å². The molecule has 1 aromatic rings. The monoisotopic (exact) mass is 581 g/mol. The molecule has 0 aromatic heterocycles. The number of likely N-dealkylation sites (tertiary alicyclic amines) is 1. The SMILES string of the molecule is C=CCOc1cc(Cl)c(Cl)cc1[C@H](NS(=O)C(C)(C)C)C1CCN(C(=O)C(O)CNC(=O)CCl)CC1. The summed E-state index contributed by atoms with van der Waals surface area (Å²) in [6.07, 6.45) is 1.41. The summed E-state index contributed by atoms with van der Waals surface area (Å²) in [4.78, 5) is 25.6. The van der Waals surface area contributed by atoms with Crippen molar-refractivity contribution < 1.29 is 23.6 Å². The molecule has 36 heavy (non-hydrogen) atoms. The summed E-state index contributed by atoms with van der Waals surface area (Å²) >= 11 is 18.0. The molecule has 1 aromatic carbocycles. The molecule has 3 atom stereocenters. The van der Waals surface area contributed by atoms with Crippen molar-refractivity contribution in [1.29, 1.82) is 0 Å². The first kappa shape index (κ1) is 30.9. The zero-order chi connectivity index (χ0) is 27.0. The van der Waals surface area contributed by atoms with Crippen molar-refractivity contribution >= 4 is 57.6 Å². The number of carbonyl (C=O) groups excluding carboxylic acids is 2. The van der Waals surface area contributed by atoms with Crippen LogP contribution in [0.15, 0.2) is 24.8 Å². The maximum Gasteiger partial charge on any atom is 0.253 e. The van der Waals surface area contributed by atoms with Crippen LogP contribution in [0.4, 0.5) is 0 Å². The zero-order valence-corrected chi connectivity index (χ0v) is 23.8. The highest BCUT2D eigenvalue weighted by Crippen LogP contribution is 2.40. The van der Waals surface area contributed by atoms with Gasteiger partial charge >= 0.3 is 0 Å². The second kappa shape index (κ2) is 14.0. The van der Waals surface area contributed by atoms with Crippen LogP contribution < -0.4 is 14.8 Å². The van der Waals surface area contributed by atoms with Crippen molar-refractivity contribution in [1.82, 2.24) is 14.9 Å². The summed E-state index contributed by atoms with van der Waals surface area (Å²) in [5.41, 5.74) is 0.720. The molecule has 1 aliphatic heterocycles. The third kappa shape index (κ3) is 8.60. The first-order valence-corrected chi connectivity index (χ1v) is 14.0. The van der Waals surface area contributed by atoms with Crippen LogP contribution >= 0.6 is 34.8 Å². The molecule has 1 saturated heterocycles. The minimum Gasteiger partial charge on any atom is -0.489 e. The fraction of sp³-hybridized carbons (Fsp3) is 0.583. The molecule has 3 N–H and O–H groups in total. The first-order valence-electron chi connectivity index (χ1n) is 11.6. The van der Waals surface area contributed by atoms with E-state index in [-0.39, 0.29) is 24.9 Å². The molecule has 202 valence electrons. The number of rotatable bonds is 11. The van der Waals surface area contributed by atoms with Gasteiger partial charge in [-0.15, -0.1) is 11.6 Å². The molecule has 8 nitrogen and oxygen atoms in total. The van der Waals surface area contributed by atoms with E-state index < -0.39 is 39.7 Å². The third-order valence-electron chi connectivity index (χ3n) is 5.76. The van der Waals surface area contributed by atoms with Gasteiger partial charge in [0.1, 0.15) is 24.3 Å². The van der Waals surface area contributed by atoms with E-state index in [2.05, 4.69) is 16.6 Å². The van der Waals surface area contributed by atoms with Crippen LogP contribution in [0.1, 0.15) is 45.2 Å². The number of hydrogen-bond acceptors (Lipinski definition) is 5. The minimum atomic E-state index is -1.40.